The van der Waals surface area contributed by atoms with Crippen LogP contribution in [0.25, 0.3) is 27.6 Å². The average molecular weight is 1070 g/mol. The van der Waals surface area contributed by atoms with Crippen molar-refractivity contribution in [3.8, 4) is 5.82 Å². The minimum absolute atomic E-state index is 0. The van der Waals surface area contributed by atoms with Gasteiger partial charge in [-0.2, -0.15) is 47.0 Å². The minimum Gasteiger partial charge on any atom is -0.493 e. The van der Waals surface area contributed by atoms with Gasteiger partial charge in [-0.3, -0.25) is 0 Å². The van der Waals surface area contributed by atoms with Gasteiger partial charge in [-0.15, -0.1) is 23.8 Å². The Labute approximate surface area is 419 Å². The van der Waals surface area contributed by atoms with Crippen molar-refractivity contribution in [3.05, 3.63) is 198 Å². The molecular formula is C63H63N4Pt-3. The smallest absolute Gasteiger partial charge is 0.135 e. The molecule has 0 radical (unpaired) electrons. The number of benzene rings is 6. The molecule has 2 aromatic heterocycles. The minimum atomic E-state index is -0.448. The first-order valence-corrected chi connectivity index (χ1v) is 24.9. The first kappa shape index (κ1) is 45.0. The van der Waals surface area contributed by atoms with E-state index >= 15 is 0 Å². The number of rotatable bonds is 7. The van der Waals surface area contributed by atoms with Gasteiger partial charge < -0.3 is 14.4 Å². The number of para-hydroxylation sites is 4. The Balaban J connectivity index is 0.00000507. The maximum absolute atomic E-state index is 5.25. The summed E-state index contributed by atoms with van der Waals surface area (Å²) in [4.78, 5) is 9.97. The fraction of sp³-hybridized carbons (Fsp3) is 0.333. The summed E-state index contributed by atoms with van der Waals surface area (Å²) < 4.78 is 2.41. The summed E-state index contributed by atoms with van der Waals surface area (Å²) in [5.74, 6) is 4.03. The number of anilines is 4. The fourth-order valence-corrected chi connectivity index (χ4v) is 13.5. The Bertz CT molecular complexity index is 3170. The normalized spacial score (nSPS) is 22.2. The summed E-state index contributed by atoms with van der Waals surface area (Å²) in [6, 6.07) is 60.3. The second-order valence-electron chi connectivity index (χ2n) is 23.1. The van der Waals surface area contributed by atoms with Crippen LogP contribution in [0.2, 0.25) is 0 Å². The zero-order valence-electron chi connectivity index (χ0n) is 40.9. The molecule has 4 bridgehead atoms. The van der Waals surface area contributed by atoms with Crippen molar-refractivity contribution in [1.29, 1.82) is 0 Å². The molecule has 4 aliphatic carbocycles. The van der Waals surface area contributed by atoms with Crippen LogP contribution in [-0.2, 0) is 42.7 Å². The summed E-state index contributed by atoms with van der Waals surface area (Å²) in [6.07, 6.45) is 8.87. The van der Waals surface area contributed by atoms with Gasteiger partial charge in [0.05, 0.1) is 0 Å². The molecular weight excluding hydrogens is 1010 g/mol. The van der Waals surface area contributed by atoms with Crippen LogP contribution in [0.5, 0.6) is 0 Å². The van der Waals surface area contributed by atoms with Crippen LogP contribution < -0.4 is 9.80 Å². The van der Waals surface area contributed by atoms with Crippen molar-refractivity contribution in [3.63, 3.8) is 0 Å². The third kappa shape index (κ3) is 7.05. The zero-order chi connectivity index (χ0) is 46.0. The van der Waals surface area contributed by atoms with E-state index in [1.165, 1.54) is 70.8 Å². The Kier molecular flexibility index (Phi) is 10.8. The molecule has 8 aromatic rings. The van der Waals surface area contributed by atoms with E-state index in [4.69, 9.17) is 4.98 Å². The summed E-state index contributed by atoms with van der Waals surface area (Å²) in [5, 5.41) is 2.42. The van der Waals surface area contributed by atoms with E-state index < -0.39 is 5.41 Å². The van der Waals surface area contributed by atoms with Crippen LogP contribution in [0, 0.1) is 42.5 Å². The van der Waals surface area contributed by atoms with Crippen molar-refractivity contribution >= 4 is 44.6 Å². The van der Waals surface area contributed by atoms with Gasteiger partial charge in [0.2, 0.25) is 0 Å². The van der Waals surface area contributed by atoms with E-state index in [-0.39, 0.29) is 37.3 Å². The summed E-state index contributed by atoms with van der Waals surface area (Å²) in [6.45, 7) is 20.8. The topological polar surface area (TPSA) is 24.3 Å². The zero-order valence-corrected chi connectivity index (χ0v) is 43.2. The van der Waals surface area contributed by atoms with Crippen LogP contribution in [-0.4, -0.2) is 9.55 Å². The molecule has 4 nitrogen and oxygen atoms in total. The van der Waals surface area contributed by atoms with E-state index in [0.717, 1.165) is 56.9 Å². The molecule has 5 heteroatoms. The first-order chi connectivity index (χ1) is 32.2. The second kappa shape index (κ2) is 16.3. The Hall–Kier alpha value is -5.44. The van der Waals surface area contributed by atoms with Crippen LogP contribution in [0.15, 0.2) is 146 Å². The summed E-state index contributed by atoms with van der Waals surface area (Å²) >= 11 is 0. The van der Waals surface area contributed by atoms with E-state index in [1.807, 2.05) is 0 Å². The maximum atomic E-state index is 5.25. The molecule has 13 rings (SSSR count). The average Bonchev–Trinajstić information content (AvgIpc) is 3.87. The second-order valence-corrected chi connectivity index (χ2v) is 23.1. The molecule has 5 aliphatic rings. The number of hydrogen-bond donors (Lipinski definition) is 0. The van der Waals surface area contributed by atoms with Gasteiger partial charge in [0, 0.05) is 55.3 Å². The molecule has 3 heterocycles. The maximum Gasteiger partial charge on any atom is 0.135 e. The van der Waals surface area contributed by atoms with Crippen LogP contribution in [0.4, 0.5) is 22.7 Å². The predicted octanol–water partition coefficient (Wildman–Crippen LogP) is 15.8. The molecule has 6 aromatic carbocycles. The number of fused-ring (bicyclic) bond motifs is 4. The van der Waals surface area contributed by atoms with Gasteiger partial charge in [0.15, 0.2) is 0 Å². The third-order valence-corrected chi connectivity index (χ3v) is 16.6. The Morgan fingerprint density at radius 3 is 1.88 bits per heavy atom. The first-order valence-electron chi connectivity index (χ1n) is 24.9. The Morgan fingerprint density at radius 2 is 1.19 bits per heavy atom. The fourth-order valence-electron chi connectivity index (χ4n) is 13.5. The Morgan fingerprint density at radius 1 is 0.559 bits per heavy atom. The van der Waals surface area contributed by atoms with Gasteiger partial charge >= 0.3 is 0 Å². The van der Waals surface area contributed by atoms with Gasteiger partial charge in [0.1, 0.15) is 5.82 Å². The standard InChI is InChI=1S/C63H63N4.Pt/c1-60(2,3)46-35-47(37-50(36-46)65-40-66(57-25-17-16-24-56(57)65)55-23-15-13-21-53(55)61(4,5)6)62(7,8)44-26-27-52-51-20-12-14-22-54(51)67(58(52)38-44)59-39-45(28-29-64-59)63(43-18-10-9-11-19-43)48-31-41-30-42(33-48)34-49(63)32-41;/h9-29,35-36,39-42,48-49H,30-34H2,1-8H3;/q-3;. The van der Waals surface area contributed by atoms with Crippen molar-refractivity contribution in [2.24, 2.45) is 23.7 Å². The molecule has 4 saturated carbocycles. The molecule has 0 amide bonds. The SMILES string of the molecule is CC(C)(C)c1cc(N2[CH-]N(c3ccccc3C(C)(C)C)c3ccccc32)[c-]c(C(C)(C)c2[c-]c3c(cc2)c2ccccc2n3-c2cc(C3(c4ccccc4)C4CC5CC(C4)CC3C5)ccn2)c1.[Pt]. The number of nitrogens with zero attached hydrogens (tertiary/aromatic N) is 4. The monoisotopic (exact) mass is 1070 g/mol. The number of pyridine rings is 1. The third-order valence-electron chi connectivity index (χ3n) is 16.6. The molecule has 348 valence electrons. The molecule has 0 spiro atoms. The van der Waals surface area contributed by atoms with Crippen LogP contribution in [0.3, 0.4) is 0 Å². The molecule has 0 atom stereocenters. The van der Waals surface area contributed by atoms with E-state index in [0.29, 0.717) is 11.8 Å². The predicted molar refractivity (Wildman–Crippen MR) is 278 cm³/mol. The van der Waals surface area contributed by atoms with Gasteiger partial charge in [-0.1, -0.05) is 140 Å². The number of aromatic nitrogens is 2. The van der Waals surface area contributed by atoms with Crippen LogP contribution in [0.1, 0.15) is 121 Å². The van der Waals surface area contributed by atoms with Crippen molar-refractivity contribution < 1.29 is 21.1 Å². The van der Waals surface area contributed by atoms with Crippen molar-refractivity contribution in [1.82, 2.24) is 9.55 Å². The summed E-state index contributed by atoms with van der Waals surface area (Å²) in [5.41, 5.74) is 14.0. The molecule has 1 aliphatic heterocycles. The van der Waals surface area contributed by atoms with E-state index in [2.05, 4.69) is 234 Å². The largest absolute Gasteiger partial charge is 0.493 e. The molecule has 0 unspecified atom stereocenters. The van der Waals surface area contributed by atoms with Gasteiger partial charge in [0.25, 0.3) is 0 Å². The van der Waals surface area contributed by atoms with E-state index in [9.17, 15) is 0 Å². The molecule has 0 saturated heterocycles. The van der Waals surface area contributed by atoms with Crippen molar-refractivity contribution in [2.75, 3.05) is 9.80 Å². The molecule has 4 fully saturated rings. The summed E-state index contributed by atoms with van der Waals surface area (Å²) in [7, 11) is 0. The van der Waals surface area contributed by atoms with Crippen LogP contribution >= 0.6 is 0 Å². The quantitative estimate of drug-likeness (QED) is 0.149. The molecule has 68 heavy (non-hydrogen) atoms. The van der Waals surface area contributed by atoms with Gasteiger partial charge in [-0.25, -0.2) is 4.98 Å². The molecule has 0 N–H and O–H groups in total. The van der Waals surface area contributed by atoms with E-state index in [1.54, 1.807) is 0 Å². The van der Waals surface area contributed by atoms with Crippen molar-refractivity contribution in [2.45, 2.75) is 109 Å². The van der Waals surface area contributed by atoms with Gasteiger partial charge in [-0.05, 0) is 130 Å². The number of hydrogen-bond acceptors (Lipinski definition) is 3.